The van der Waals surface area contributed by atoms with Crippen molar-refractivity contribution in [2.75, 3.05) is 5.75 Å². The highest BCUT2D eigenvalue weighted by Gasteiger charge is 2.13. The van der Waals surface area contributed by atoms with Crippen LogP contribution in [0.25, 0.3) is 5.69 Å². The average Bonchev–Trinajstić information content (AvgIpc) is 3.10. The lowest BCUT2D eigenvalue weighted by atomic mass is 10.1. The molecule has 0 radical (unpaired) electrons. The molecule has 3 aromatic rings. The molecule has 0 saturated heterocycles. The number of amides is 1. The van der Waals surface area contributed by atoms with Crippen LogP contribution in [0.1, 0.15) is 22.3 Å². The van der Waals surface area contributed by atoms with Crippen molar-refractivity contribution in [1.29, 1.82) is 0 Å². The van der Waals surface area contributed by atoms with Crippen molar-refractivity contribution in [2.24, 2.45) is 0 Å². The summed E-state index contributed by atoms with van der Waals surface area (Å²) in [7, 11) is 0. The zero-order valence-corrected chi connectivity index (χ0v) is 15.9. The molecule has 2 aromatic carbocycles. The first kappa shape index (κ1) is 18.1. The van der Waals surface area contributed by atoms with E-state index in [0.29, 0.717) is 11.7 Å². The van der Waals surface area contributed by atoms with Gasteiger partial charge in [-0.3, -0.25) is 4.79 Å². The molecule has 26 heavy (non-hydrogen) atoms. The zero-order valence-electron chi connectivity index (χ0n) is 15.1. The van der Waals surface area contributed by atoms with Gasteiger partial charge >= 0.3 is 0 Å². The van der Waals surface area contributed by atoms with Crippen molar-refractivity contribution in [3.05, 3.63) is 64.7 Å². The Labute approximate surface area is 157 Å². The Kier molecular flexibility index (Phi) is 5.68. The highest BCUT2D eigenvalue weighted by Crippen LogP contribution is 2.21. The lowest BCUT2D eigenvalue weighted by Gasteiger charge is -2.09. The van der Waals surface area contributed by atoms with Crippen LogP contribution in [0.15, 0.2) is 47.6 Å². The van der Waals surface area contributed by atoms with Gasteiger partial charge in [-0.1, -0.05) is 53.7 Å². The van der Waals surface area contributed by atoms with Gasteiger partial charge in [-0.2, -0.15) is 4.68 Å². The maximum Gasteiger partial charge on any atom is 0.230 e. The van der Waals surface area contributed by atoms with Crippen molar-refractivity contribution < 1.29 is 4.79 Å². The molecule has 1 aromatic heterocycles. The van der Waals surface area contributed by atoms with Crippen LogP contribution >= 0.6 is 11.8 Å². The van der Waals surface area contributed by atoms with Gasteiger partial charge < -0.3 is 5.32 Å². The summed E-state index contributed by atoms with van der Waals surface area (Å²) in [6, 6.07) is 14.2. The van der Waals surface area contributed by atoms with Crippen molar-refractivity contribution in [3.63, 3.8) is 0 Å². The molecule has 0 aliphatic carbocycles. The first-order valence-corrected chi connectivity index (χ1v) is 9.32. The van der Waals surface area contributed by atoms with Gasteiger partial charge in [-0.25, -0.2) is 0 Å². The zero-order chi connectivity index (χ0) is 18.5. The van der Waals surface area contributed by atoms with Crippen LogP contribution < -0.4 is 5.32 Å². The van der Waals surface area contributed by atoms with E-state index in [-0.39, 0.29) is 11.7 Å². The van der Waals surface area contributed by atoms with Crippen molar-refractivity contribution in [1.82, 2.24) is 25.5 Å². The van der Waals surface area contributed by atoms with E-state index in [0.717, 1.165) is 22.4 Å². The van der Waals surface area contributed by atoms with Gasteiger partial charge in [0.05, 0.1) is 11.4 Å². The maximum absolute atomic E-state index is 12.1. The quantitative estimate of drug-likeness (QED) is 0.678. The Morgan fingerprint density at radius 1 is 1.08 bits per heavy atom. The van der Waals surface area contributed by atoms with E-state index in [1.54, 1.807) is 4.68 Å². The molecule has 0 atom stereocenters. The van der Waals surface area contributed by atoms with Crippen LogP contribution in [-0.4, -0.2) is 31.9 Å². The summed E-state index contributed by atoms with van der Waals surface area (Å²) in [5.74, 6) is 0.211. The predicted octanol–water partition coefficient (Wildman–Crippen LogP) is 3.00. The molecule has 1 amide bonds. The number of nitrogens with zero attached hydrogens (tertiary/aromatic N) is 4. The van der Waals surface area contributed by atoms with E-state index in [1.807, 2.05) is 57.2 Å². The molecule has 6 nitrogen and oxygen atoms in total. The summed E-state index contributed by atoms with van der Waals surface area (Å²) in [5, 5.41) is 15.4. The van der Waals surface area contributed by atoms with Crippen LogP contribution in [0.3, 0.4) is 0 Å². The maximum atomic E-state index is 12.1. The molecule has 0 bridgehead atoms. The predicted molar refractivity (Wildman–Crippen MR) is 102 cm³/mol. The second-order valence-corrected chi connectivity index (χ2v) is 7.16. The van der Waals surface area contributed by atoms with Crippen LogP contribution in [0, 0.1) is 20.8 Å². The normalized spacial score (nSPS) is 10.7. The molecule has 0 fully saturated rings. The molecule has 0 spiro atoms. The van der Waals surface area contributed by atoms with Gasteiger partial charge in [0.15, 0.2) is 0 Å². The van der Waals surface area contributed by atoms with Gasteiger partial charge in [0.25, 0.3) is 0 Å². The van der Waals surface area contributed by atoms with Crippen LogP contribution in [-0.2, 0) is 11.3 Å². The number of hydrogen-bond acceptors (Lipinski definition) is 5. The van der Waals surface area contributed by atoms with E-state index in [2.05, 4.69) is 26.9 Å². The molecule has 7 heteroatoms. The number of carbonyl (C=O) groups excluding carboxylic acids is 1. The van der Waals surface area contributed by atoms with Crippen molar-refractivity contribution in [3.8, 4) is 5.69 Å². The Bertz CT molecular complexity index is 905. The average molecular weight is 367 g/mol. The van der Waals surface area contributed by atoms with Gasteiger partial charge in [-0.05, 0) is 54.0 Å². The molecule has 0 unspecified atom stereocenters. The van der Waals surface area contributed by atoms with Crippen molar-refractivity contribution in [2.45, 2.75) is 32.5 Å². The van der Waals surface area contributed by atoms with Crippen molar-refractivity contribution >= 4 is 17.7 Å². The van der Waals surface area contributed by atoms with E-state index < -0.39 is 0 Å². The lowest BCUT2D eigenvalue weighted by Crippen LogP contribution is -2.24. The molecule has 134 valence electrons. The topological polar surface area (TPSA) is 72.7 Å². The monoisotopic (exact) mass is 367 g/mol. The Balaban J connectivity index is 1.60. The number of thioether (sulfide) groups is 1. The smallest absolute Gasteiger partial charge is 0.230 e. The number of aromatic nitrogens is 4. The minimum Gasteiger partial charge on any atom is -0.351 e. The van der Waals surface area contributed by atoms with Gasteiger partial charge in [-0.15, -0.1) is 5.10 Å². The molecule has 0 aliphatic heterocycles. The Hall–Kier alpha value is -2.67. The Morgan fingerprint density at radius 2 is 1.81 bits per heavy atom. The molecule has 1 heterocycles. The van der Waals surface area contributed by atoms with E-state index in [4.69, 9.17) is 0 Å². The molecule has 0 saturated carbocycles. The number of carbonyl (C=O) groups is 1. The number of aryl methyl sites for hydroxylation is 3. The fourth-order valence-electron chi connectivity index (χ4n) is 2.46. The third-order valence-electron chi connectivity index (χ3n) is 3.98. The molecule has 1 N–H and O–H groups in total. The summed E-state index contributed by atoms with van der Waals surface area (Å²) in [5.41, 5.74) is 5.42. The number of hydrogen-bond donors (Lipinski definition) is 1. The molecule has 0 aliphatic rings. The van der Waals surface area contributed by atoms with Gasteiger partial charge in [0, 0.05) is 6.54 Å². The standard InChI is InChI=1S/C19H21N5OS/c1-13-5-8-16(9-6-13)11-20-18(25)12-26-19-21-22-23-24(19)17-10-14(2)4-7-15(17)3/h4-10H,11-12H2,1-3H3,(H,20,25). The highest BCUT2D eigenvalue weighted by atomic mass is 32.2. The first-order valence-electron chi connectivity index (χ1n) is 8.34. The van der Waals surface area contributed by atoms with Crippen LogP contribution in [0.2, 0.25) is 0 Å². The lowest BCUT2D eigenvalue weighted by molar-refractivity contribution is -0.118. The number of rotatable bonds is 6. The SMILES string of the molecule is Cc1ccc(CNC(=O)CSc2nnnn2-c2cc(C)ccc2C)cc1. The number of nitrogens with one attached hydrogen (secondary N) is 1. The second-order valence-electron chi connectivity index (χ2n) is 6.21. The molecular formula is C19H21N5OS. The number of tetrazole rings is 1. The minimum absolute atomic E-state index is 0.0499. The third-order valence-corrected chi connectivity index (χ3v) is 4.90. The third kappa shape index (κ3) is 4.49. The molecule has 3 rings (SSSR count). The Morgan fingerprint density at radius 3 is 2.58 bits per heavy atom. The number of benzene rings is 2. The van der Waals surface area contributed by atoms with E-state index in [9.17, 15) is 4.79 Å². The minimum atomic E-state index is -0.0499. The van der Waals surface area contributed by atoms with Gasteiger partial charge in [0.2, 0.25) is 11.1 Å². The largest absolute Gasteiger partial charge is 0.351 e. The summed E-state index contributed by atoms with van der Waals surface area (Å²) >= 11 is 1.32. The fraction of sp³-hybridized carbons (Fsp3) is 0.263. The summed E-state index contributed by atoms with van der Waals surface area (Å²) in [4.78, 5) is 12.1. The van der Waals surface area contributed by atoms with Gasteiger partial charge in [0.1, 0.15) is 0 Å². The van der Waals surface area contributed by atoms with E-state index in [1.165, 1.54) is 17.3 Å². The first-order chi connectivity index (χ1) is 12.5. The summed E-state index contributed by atoms with van der Waals surface area (Å²) in [6.07, 6.45) is 0. The fourth-order valence-corrected chi connectivity index (χ4v) is 3.17. The highest BCUT2D eigenvalue weighted by molar-refractivity contribution is 7.99. The van der Waals surface area contributed by atoms with Crippen LogP contribution in [0.4, 0.5) is 0 Å². The second kappa shape index (κ2) is 8.14. The summed E-state index contributed by atoms with van der Waals surface area (Å²) in [6.45, 7) is 6.60. The van der Waals surface area contributed by atoms with Crippen LogP contribution in [0.5, 0.6) is 0 Å². The van der Waals surface area contributed by atoms with E-state index >= 15 is 0 Å². The summed E-state index contributed by atoms with van der Waals surface area (Å²) < 4.78 is 1.68. The molecular weight excluding hydrogens is 346 g/mol.